The third kappa shape index (κ3) is 6.82. The third-order valence-electron chi connectivity index (χ3n) is 3.22. The van der Waals surface area contributed by atoms with Gasteiger partial charge in [-0.05, 0) is 42.9 Å². The van der Waals surface area contributed by atoms with Crippen molar-refractivity contribution in [3.05, 3.63) is 28.8 Å². The van der Waals surface area contributed by atoms with Crippen LogP contribution in [0.1, 0.15) is 32.3 Å². The lowest BCUT2D eigenvalue weighted by molar-refractivity contribution is -0.123. The average molecular weight is 314 g/mol. The summed E-state index contributed by atoms with van der Waals surface area (Å²) >= 11 is 6.01. The van der Waals surface area contributed by atoms with Crippen LogP contribution >= 0.6 is 11.6 Å². The van der Waals surface area contributed by atoms with Gasteiger partial charge in [0.1, 0.15) is 5.75 Å². The van der Waals surface area contributed by atoms with Crippen LogP contribution in [0, 0.1) is 12.3 Å². The number of carbonyl (C=O) groups excluding carboxylic acids is 1. The van der Waals surface area contributed by atoms with Crippen LogP contribution in [0.2, 0.25) is 5.02 Å². The van der Waals surface area contributed by atoms with Gasteiger partial charge in [-0.2, -0.15) is 0 Å². The molecule has 0 unspecified atom stereocenters. The van der Waals surface area contributed by atoms with E-state index < -0.39 is 0 Å². The Morgan fingerprint density at radius 1 is 1.43 bits per heavy atom. The Hall–Kier alpha value is -1.26. The number of aryl methyl sites for hydroxylation is 1. The smallest absolute Gasteiger partial charge is 0.257 e. The zero-order chi connectivity index (χ0) is 15.9. The molecule has 0 aromatic heterocycles. The second-order valence-electron chi connectivity index (χ2n) is 5.99. The molecule has 0 aliphatic heterocycles. The van der Waals surface area contributed by atoms with Crippen LogP contribution in [0.15, 0.2) is 18.2 Å². The maximum Gasteiger partial charge on any atom is 0.257 e. The van der Waals surface area contributed by atoms with Crippen LogP contribution in [-0.4, -0.2) is 30.8 Å². The molecule has 0 aliphatic carbocycles. The molecule has 1 aromatic carbocycles. The minimum Gasteiger partial charge on any atom is -0.482 e. The Balaban J connectivity index is 2.39. The highest BCUT2D eigenvalue weighted by molar-refractivity contribution is 6.32. The van der Waals surface area contributed by atoms with Crippen molar-refractivity contribution in [2.45, 2.75) is 33.6 Å². The van der Waals surface area contributed by atoms with Gasteiger partial charge < -0.3 is 15.2 Å². The topological polar surface area (TPSA) is 58.6 Å². The van der Waals surface area contributed by atoms with Crippen LogP contribution in [0.4, 0.5) is 0 Å². The van der Waals surface area contributed by atoms with Crippen molar-refractivity contribution < 1.29 is 14.6 Å². The highest BCUT2D eigenvalue weighted by Gasteiger charge is 2.18. The maximum atomic E-state index is 11.8. The molecular formula is C16H24ClNO3. The Kier molecular flexibility index (Phi) is 6.99. The van der Waals surface area contributed by atoms with Gasteiger partial charge in [-0.15, -0.1) is 0 Å². The lowest BCUT2D eigenvalue weighted by atomic mass is 9.88. The van der Waals surface area contributed by atoms with E-state index in [9.17, 15) is 4.79 Å². The van der Waals surface area contributed by atoms with Gasteiger partial charge in [0.15, 0.2) is 6.61 Å². The Morgan fingerprint density at radius 3 is 2.81 bits per heavy atom. The molecule has 2 N–H and O–H groups in total. The molecule has 0 fully saturated rings. The summed E-state index contributed by atoms with van der Waals surface area (Å²) in [5.74, 6) is 0.344. The summed E-state index contributed by atoms with van der Waals surface area (Å²) < 4.78 is 5.44. The molecule has 0 saturated carbocycles. The van der Waals surface area contributed by atoms with Crippen molar-refractivity contribution in [2.24, 2.45) is 5.41 Å². The van der Waals surface area contributed by atoms with E-state index in [4.69, 9.17) is 21.4 Å². The monoisotopic (exact) mass is 313 g/mol. The van der Waals surface area contributed by atoms with Gasteiger partial charge >= 0.3 is 0 Å². The van der Waals surface area contributed by atoms with Crippen LogP contribution < -0.4 is 10.1 Å². The van der Waals surface area contributed by atoms with Crippen LogP contribution in [0.25, 0.3) is 0 Å². The molecule has 0 aliphatic rings. The number of hydrogen-bond donors (Lipinski definition) is 2. The van der Waals surface area contributed by atoms with E-state index in [1.807, 2.05) is 13.0 Å². The van der Waals surface area contributed by atoms with E-state index in [1.54, 1.807) is 12.1 Å². The molecule has 0 saturated heterocycles. The van der Waals surface area contributed by atoms with Gasteiger partial charge in [0.25, 0.3) is 5.91 Å². The molecule has 118 valence electrons. The zero-order valence-electron chi connectivity index (χ0n) is 12.9. The predicted octanol–water partition coefficient (Wildman–Crippen LogP) is 2.94. The first-order chi connectivity index (χ1) is 9.84. The first kappa shape index (κ1) is 17.8. The molecule has 1 rings (SSSR count). The highest BCUT2D eigenvalue weighted by Crippen LogP contribution is 2.25. The number of nitrogens with one attached hydrogen (secondary N) is 1. The Bertz CT molecular complexity index is 475. The zero-order valence-corrected chi connectivity index (χ0v) is 13.7. The fourth-order valence-electron chi connectivity index (χ4n) is 1.90. The molecule has 0 bridgehead atoms. The van der Waals surface area contributed by atoms with E-state index >= 15 is 0 Å². The Labute approximate surface area is 131 Å². The summed E-state index contributed by atoms with van der Waals surface area (Å²) in [6, 6.07) is 5.45. The van der Waals surface area contributed by atoms with Crippen LogP contribution in [0.5, 0.6) is 5.75 Å². The quantitative estimate of drug-likeness (QED) is 0.776. The summed E-state index contributed by atoms with van der Waals surface area (Å²) in [5.41, 5.74) is 0.985. The predicted molar refractivity (Wildman–Crippen MR) is 84.8 cm³/mol. The number of aliphatic hydroxyl groups is 1. The van der Waals surface area contributed by atoms with E-state index in [-0.39, 0.29) is 24.5 Å². The van der Waals surface area contributed by atoms with Gasteiger partial charge in [-0.1, -0.05) is 31.5 Å². The van der Waals surface area contributed by atoms with Crippen LogP contribution in [-0.2, 0) is 4.79 Å². The molecule has 1 amide bonds. The number of halogens is 1. The molecule has 1 aromatic rings. The summed E-state index contributed by atoms with van der Waals surface area (Å²) in [4.78, 5) is 11.8. The van der Waals surface area contributed by atoms with E-state index in [0.29, 0.717) is 17.3 Å². The summed E-state index contributed by atoms with van der Waals surface area (Å²) in [6.45, 7) is 6.72. The van der Waals surface area contributed by atoms with E-state index in [0.717, 1.165) is 18.4 Å². The minimum absolute atomic E-state index is 0.0423. The van der Waals surface area contributed by atoms with Crippen molar-refractivity contribution in [1.82, 2.24) is 5.32 Å². The fourth-order valence-corrected chi connectivity index (χ4v) is 2.07. The fraction of sp³-hybridized carbons (Fsp3) is 0.562. The molecular weight excluding hydrogens is 290 g/mol. The minimum atomic E-state index is -0.176. The summed E-state index contributed by atoms with van der Waals surface area (Å²) in [7, 11) is 0. The molecule has 5 heteroatoms. The molecule has 0 heterocycles. The van der Waals surface area contributed by atoms with Gasteiger partial charge in [0.05, 0.1) is 5.02 Å². The standard InChI is InChI=1S/C16H24ClNO3/c1-12-5-6-13(17)14(9-12)21-10-15(20)18-11-16(2,3)7-4-8-19/h5-6,9,19H,4,7-8,10-11H2,1-3H3,(H,18,20). The molecule has 0 atom stereocenters. The van der Waals surface area contributed by atoms with E-state index in [2.05, 4.69) is 19.2 Å². The first-order valence-electron chi connectivity index (χ1n) is 7.10. The number of ether oxygens (including phenoxy) is 1. The second-order valence-corrected chi connectivity index (χ2v) is 6.40. The third-order valence-corrected chi connectivity index (χ3v) is 3.53. The first-order valence-corrected chi connectivity index (χ1v) is 7.48. The number of rotatable bonds is 8. The number of aliphatic hydroxyl groups excluding tert-OH is 1. The average Bonchev–Trinajstić information content (AvgIpc) is 2.44. The number of amides is 1. The van der Waals surface area contributed by atoms with E-state index in [1.165, 1.54) is 0 Å². The van der Waals surface area contributed by atoms with Gasteiger partial charge in [0, 0.05) is 13.2 Å². The van der Waals surface area contributed by atoms with Crippen molar-refractivity contribution in [1.29, 1.82) is 0 Å². The van der Waals surface area contributed by atoms with Gasteiger partial charge in [-0.3, -0.25) is 4.79 Å². The lowest BCUT2D eigenvalue weighted by Gasteiger charge is -2.24. The molecule has 0 radical (unpaired) electrons. The van der Waals surface area contributed by atoms with Crippen molar-refractivity contribution in [3.8, 4) is 5.75 Å². The normalized spacial score (nSPS) is 11.3. The SMILES string of the molecule is Cc1ccc(Cl)c(OCC(=O)NCC(C)(C)CCCO)c1. The largest absolute Gasteiger partial charge is 0.482 e. The Morgan fingerprint density at radius 2 is 2.14 bits per heavy atom. The number of carbonyl (C=O) groups is 1. The summed E-state index contributed by atoms with van der Waals surface area (Å²) in [5, 5.41) is 12.2. The highest BCUT2D eigenvalue weighted by atomic mass is 35.5. The molecule has 21 heavy (non-hydrogen) atoms. The lowest BCUT2D eigenvalue weighted by Crippen LogP contribution is -2.36. The number of hydrogen-bond acceptors (Lipinski definition) is 3. The number of benzene rings is 1. The van der Waals surface area contributed by atoms with Crippen molar-refractivity contribution in [2.75, 3.05) is 19.8 Å². The van der Waals surface area contributed by atoms with Crippen molar-refractivity contribution >= 4 is 17.5 Å². The van der Waals surface area contributed by atoms with Gasteiger partial charge in [0.2, 0.25) is 0 Å². The second kappa shape index (κ2) is 8.25. The summed E-state index contributed by atoms with van der Waals surface area (Å²) in [6.07, 6.45) is 1.59. The maximum absolute atomic E-state index is 11.8. The molecule has 4 nitrogen and oxygen atoms in total. The molecule has 0 spiro atoms. The van der Waals surface area contributed by atoms with Crippen molar-refractivity contribution in [3.63, 3.8) is 0 Å². The van der Waals surface area contributed by atoms with Gasteiger partial charge in [-0.25, -0.2) is 0 Å². The van der Waals surface area contributed by atoms with Crippen LogP contribution in [0.3, 0.4) is 0 Å².